The van der Waals surface area contributed by atoms with E-state index in [1.807, 2.05) is 30.3 Å². The number of esters is 1. The smallest absolute Gasteiger partial charge is 0.332 e. The Labute approximate surface area is 111 Å². The molecule has 1 aromatic rings. The second-order valence-corrected chi connectivity index (χ2v) is 4.31. The fourth-order valence-corrected chi connectivity index (χ4v) is 2.16. The van der Waals surface area contributed by atoms with E-state index >= 15 is 0 Å². The number of nitrogens with zero attached hydrogens (tertiary/aromatic N) is 1. The average molecular weight is 261 g/mol. The van der Waals surface area contributed by atoms with E-state index in [0.29, 0.717) is 6.54 Å². The Balaban J connectivity index is 2.27. The van der Waals surface area contributed by atoms with E-state index in [0.717, 1.165) is 5.56 Å². The average Bonchev–Trinajstić information content (AvgIpc) is 2.75. The Morgan fingerprint density at radius 1 is 1.42 bits per heavy atom. The summed E-state index contributed by atoms with van der Waals surface area (Å²) >= 11 is 0. The maximum absolute atomic E-state index is 11.8. The molecule has 0 aliphatic carbocycles. The van der Waals surface area contributed by atoms with Crippen molar-refractivity contribution in [1.29, 1.82) is 0 Å². The third-order valence-corrected chi connectivity index (χ3v) is 3.06. The van der Waals surface area contributed by atoms with Crippen LogP contribution in [0.25, 0.3) is 0 Å². The molecular formula is C14H15NO4. The summed E-state index contributed by atoms with van der Waals surface area (Å²) in [5, 5.41) is 0. The summed E-state index contributed by atoms with van der Waals surface area (Å²) in [6.45, 7) is 2.12. The van der Waals surface area contributed by atoms with E-state index in [2.05, 4.69) is 0 Å². The van der Waals surface area contributed by atoms with Gasteiger partial charge in [0, 0.05) is 6.54 Å². The summed E-state index contributed by atoms with van der Waals surface area (Å²) in [4.78, 5) is 24.3. The second-order valence-electron chi connectivity index (χ2n) is 4.31. The molecule has 1 saturated heterocycles. The third kappa shape index (κ3) is 2.61. The highest BCUT2D eigenvalue weighted by molar-refractivity contribution is 5.78. The van der Waals surface area contributed by atoms with Gasteiger partial charge in [0.2, 0.25) is 0 Å². The van der Waals surface area contributed by atoms with Crippen molar-refractivity contribution in [2.45, 2.75) is 25.6 Å². The fourth-order valence-electron chi connectivity index (χ4n) is 2.16. The minimum atomic E-state index is -0.623. The van der Waals surface area contributed by atoms with Crippen molar-refractivity contribution < 1.29 is 19.1 Å². The van der Waals surface area contributed by atoms with Crippen LogP contribution in [-0.2, 0) is 25.6 Å². The molecule has 5 nitrogen and oxygen atoms in total. The first-order valence-corrected chi connectivity index (χ1v) is 5.97. The molecule has 5 heteroatoms. The lowest BCUT2D eigenvalue weighted by atomic mass is 10.1. The van der Waals surface area contributed by atoms with Crippen LogP contribution >= 0.6 is 0 Å². The predicted octanol–water partition coefficient (Wildman–Crippen LogP) is 1.12. The van der Waals surface area contributed by atoms with Crippen LogP contribution in [0.5, 0.6) is 0 Å². The van der Waals surface area contributed by atoms with Crippen molar-refractivity contribution in [3.63, 3.8) is 0 Å². The molecule has 0 aromatic heterocycles. The van der Waals surface area contributed by atoms with Crippen molar-refractivity contribution in [3.8, 4) is 0 Å². The molecule has 1 aromatic carbocycles. The molecule has 0 N–H and O–H groups in total. The Hall–Kier alpha value is -2.26. The van der Waals surface area contributed by atoms with Crippen LogP contribution in [0.4, 0.5) is 0 Å². The summed E-state index contributed by atoms with van der Waals surface area (Å²) in [7, 11) is 1.32. The van der Waals surface area contributed by atoms with Crippen molar-refractivity contribution in [2.24, 2.45) is 0 Å². The first-order chi connectivity index (χ1) is 9.17. The molecule has 0 unspecified atom stereocenters. The number of hydrogen-bond donors (Lipinski definition) is 0. The van der Waals surface area contributed by atoms with Crippen LogP contribution in [-0.4, -0.2) is 36.1 Å². The molecule has 2 atom stereocenters. The number of carbonyl (C=O) groups is 1. The van der Waals surface area contributed by atoms with E-state index in [1.54, 1.807) is 17.8 Å². The number of benzene rings is 1. The zero-order chi connectivity index (χ0) is 13.8. The Morgan fingerprint density at radius 2 is 2.11 bits per heavy atom. The van der Waals surface area contributed by atoms with E-state index in [9.17, 15) is 9.59 Å². The normalized spacial score (nSPS) is 21.8. The molecule has 0 saturated carbocycles. The molecule has 0 amide bonds. The quantitative estimate of drug-likeness (QED) is 0.603. The van der Waals surface area contributed by atoms with E-state index in [1.165, 1.54) is 7.11 Å². The lowest BCUT2D eigenvalue weighted by Gasteiger charge is -2.22. The predicted molar refractivity (Wildman–Crippen MR) is 67.5 cm³/mol. The van der Waals surface area contributed by atoms with Crippen molar-refractivity contribution in [1.82, 2.24) is 4.90 Å². The standard InChI is InChI=1S/C14H15NO4/c1-10-13(14(17)18-2)15(12(9-16)19-10)8-11-6-4-3-5-7-11/h3-7,10,13H,8H2,1-2H3/t10-,13+/m1/s1. The number of carbonyl (C=O) groups excluding carboxylic acids is 2. The summed E-state index contributed by atoms with van der Waals surface area (Å²) in [6, 6.07) is 8.90. The number of hydrogen-bond acceptors (Lipinski definition) is 5. The summed E-state index contributed by atoms with van der Waals surface area (Å²) in [5.74, 6) is 1.36. The van der Waals surface area contributed by atoms with Gasteiger partial charge in [-0.25, -0.2) is 9.59 Å². The van der Waals surface area contributed by atoms with Gasteiger partial charge in [0.05, 0.1) is 7.11 Å². The Bertz CT molecular complexity index is 507. The molecule has 1 aliphatic heterocycles. The van der Waals surface area contributed by atoms with Crippen LogP contribution in [0.2, 0.25) is 0 Å². The van der Waals surface area contributed by atoms with Gasteiger partial charge in [-0.05, 0) is 12.5 Å². The molecule has 0 spiro atoms. The third-order valence-electron chi connectivity index (χ3n) is 3.06. The van der Waals surface area contributed by atoms with E-state index < -0.39 is 18.1 Å². The molecule has 1 aliphatic rings. The first-order valence-electron chi connectivity index (χ1n) is 5.97. The van der Waals surface area contributed by atoms with Crippen LogP contribution in [0.1, 0.15) is 12.5 Å². The van der Waals surface area contributed by atoms with Gasteiger partial charge in [0.25, 0.3) is 5.88 Å². The minimum absolute atomic E-state index is 0.0479. The zero-order valence-electron chi connectivity index (χ0n) is 10.8. The molecule has 100 valence electrons. The van der Waals surface area contributed by atoms with Gasteiger partial charge in [-0.1, -0.05) is 30.3 Å². The van der Waals surface area contributed by atoms with E-state index in [4.69, 9.17) is 9.47 Å². The number of ether oxygens (including phenoxy) is 2. The molecule has 1 heterocycles. The van der Waals surface area contributed by atoms with Gasteiger partial charge in [-0.3, -0.25) is 0 Å². The molecule has 19 heavy (non-hydrogen) atoms. The summed E-state index contributed by atoms with van der Waals surface area (Å²) in [6.07, 6.45) is -0.437. The SMILES string of the molecule is COC(=O)[C@@H]1[C@@H](C)OC(=C=O)N1Cc1ccccc1. The lowest BCUT2D eigenvalue weighted by molar-refractivity contribution is -0.146. The van der Waals surface area contributed by atoms with Crippen molar-refractivity contribution in [3.05, 3.63) is 41.8 Å². The van der Waals surface area contributed by atoms with Gasteiger partial charge in [0.1, 0.15) is 6.10 Å². The van der Waals surface area contributed by atoms with Gasteiger partial charge < -0.3 is 14.4 Å². The van der Waals surface area contributed by atoms with E-state index in [-0.39, 0.29) is 5.88 Å². The van der Waals surface area contributed by atoms with Crippen LogP contribution < -0.4 is 0 Å². The van der Waals surface area contributed by atoms with Crippen LogP contribution in [0.3, 0.4) is 0 Å². The second kappa shape index (κ2) is 5.59. The van der Waals surface area contributed by atoms with Gasteiger partial charge >= 0.3 is 5.97 Å². The van der Waals surface area contributed by atoms with Crippen LogP contribution in [0, 0.1) is 0 Å². The molecular weight excluding hydrogens is 246 g/mol. The highest BCUT2D eigenvalue weighted by Gasteiger charge is 2.42. The summed E-state index contributed by atoms with van der Waals surface area (Å²) < 4.78 is 10.1. The zero-order valence-corrected chi connectivity index (χ0v) is 10.8. The maximum Gasteiger partial charge on any atom is 0.332 e. The molecule has 0 radical (unpaired) electrons. The lowest BCUT2D eigenvalue weighted by Crippen LogP contribution is -2.41. The Kier molecular flexibility index (Phi) is 3.88. The van der Waals surface area contributed by atoms with Crippen molar-refractivity contribution >= 4 is 11.9 Å². The highest BCUT2D eigenvalue weighted by atomic mass is 16.5. The van der Waals surface area contributed by atoms with Crippen molar-refractivity contribution in [2.75, 3.05) is 7.11 Å². The molecule has 2 rings (SSSR count). The first kappa shape index (κ1) is 13.2. The Morgan fingerprint density at radius 3 is 2.68 bits per heavy atom. The maximum atomic E-state index is 11.8. The van der Waals surface area contributed by atoms with Gasteiger partial charge in [-0.15, -0.1) is 0 Å². The fraction of sp³-hybridized carbons (Fsp3) is 0.357. The topological polar surface area (TPSA) is 55.8 Å². The monoisotopic (exact) mass is 261 g/mol. The number of rotatable bonds is 3. The van der Waals surface area contributed by atoms with Gasteiger partial charge in [0.15, 0.2) is 12.0 Å². The highest BCUT2D eigenvalue weighted by Crippen LogP contribution is 2.27. The van der Waals surface area contributed by atoms with Gasteiger partial charge in [-0.2, -0.15) is 0 Å². The molecule has 0 bridgehead atoms. The molecule has 1 fully saturated rings. The minimum Gasteiger partial charge on any atom is -0.467 e. The van der Waals surface area contributed by atoms with Crippen LogP contribution in [0.15, 0.2) is 36.2 Å². The number of methoxy groups -OCH3 is 1. The summed E-state index contributed by atoms with van der Waals surface area (Å²) in [5.41, 5.74) is 0.974. The largest absolute Gasteiger partial charge is 0.467 e.